The van der Waals surface area contributed by atoms with Gasteiger partial charge in [-0.05, 0) is 34.1 Å². The molecule has 1 unspecified atom stereocenters. The van der Waals surface area contributed by atoms with E-state index in [4.69, 9.17) is 10.8 Å². The molecule has 0 spiro atoms. The zero-order chi connectivity index (χ0) is 14.2. The standard InChI is InChI=1S/C13H15BrN2O3/c1-7(13(18)19)8-5-16(6-8)9-2-3-10(12(15)17)11(14)4-9/h2-4,7-8H,5-6H2,1H3,(H2,15,17)(H,18,19). The second kappa shape index (κ2) is 5.21. The highest BCUT2D eigenvalue weighted by Crippen LogP contribution is 2.32. The van der Waals surface area contributed by atoms with Crippen molar-refractivity contribution in [2.24, 2.45) is 17.6 Å². The van der Waals surface area contributed by atoms with Gasteiger partial charge in [0.2, 0.25) is 5.91 Å². The van der Waals surface area contributed by atoms with Crippen molar-refractivity contribution in [1.82, 2.24) is 0 Å². The van der Waals surface area contributed by atoms with Crippen LogP contribution in [0.3, 0.4) is 0 Å². The lowest BCUT2D eigenvalue weighted by Crippen LogP contribution is -2.51. The molecule has 1 fully saturated rings. The first kappa shape index (κ1) is 13.9. The number of hydrogen-bond acceptors (Lipinski definition) is 3. The Bertz CT molecular complexity index is 527. The van der Waals surface area contributed by atoms with Gasteiger partial charge in [-0.25, -0.2) is 0 Å². The minimum Gasteiger partial charge on any atom is -0.481 e. The van der Waals surface area contributed by atoms with Crippen LogP contribution in [0.4, 0.5) is 5.69 Å². The van der Waals surface area contributed by atoms with E-state index in [9.17, 15) is 9.59 Å². The van der Waals surface area contributed by atoms with E-state index in [0.717, 1.165) is 18.8 Å². The molecule has 0 radical (unpaired) electrons. The molecule has 19 heavy (non-hydrogen) atoms. The molecule has 1 atom stereocenters. The van der Waals surface area contributed by atoms with Gasteiger partial charge in [-0.2, -0.15) is 0 Å². The Labute approximate surface area is 119 Å². The van der Waals surface area contributed by atoms with Crippen LogP contribution in [-0.4, -0.2) is 30.1 Å². The van der Waals surface area contributed by atoms with Crippen molar-refractivity contribution in [2.75, 3.05) is 18.0 Å². The lowest BCUT2D eigenvalue weighted by molar-refractivity contribution is -0.143. The molecule has 102 valence electrons. The number of carbonyl (C=O) groups is 2. The minimum absolute atomic E-state index is 0.173. The van der Waals surface area contributed by atoms with Crippen LogP contribution in [0.2, 0.25) is 0 Å². The summed E-state index contributed by atoms with van der Waals surface area (Å²) < 4.78 is 0.659. The number of halogens is 1. The summed E-state index contributed by atoms with van der Waals surface area (Å²) in [5.74, 6) is -1.38. The largest absolute Gasteiger partial charge is 0.481 e. The first-order chi connectivity index (χ1) is 8.90. The summed E-state index contributed by atoms with van der Waals surface area (Å²) in [7, 11) is 0. The quantitative estimate of drug-likeness (QED) is 0.882. The highest BCUT2D eigenvalue weighted by molar-refractivity contribution is 9.10. The molecule has 0 aromatic heterocycles. The van der Waals surface area contributed by atoms with Crippen molar-refractivity contribution in [2.45, 2.75) is 6.92 Å². The van der Waals surface area contributed by atoms with Gasteiger partial charge in [0.15, 0.2) is 0 Å². The molecule has 1 amide bonds. The van der Waals surface area contributed by atoms with Gasteiger partial charge in [0, 0.05) is 29.2 Å². The molecule has 0 bridgehead atoms. The summed E-state index contributed by atoms with van der Waals surface area (Å²) in [4.78, 5) is 24.1. The lowest BCUT2D eigenvalue weighted by atomic mass is 9.86. The topological polar surface area (TPSA) is 83.6 Å². The Morgan fingerprint density at radius 1 is 1.47 bits per heavy atom. The fraction of sp³-hybridized carbons (Fsp3) is 0.385. The first-order valence-electron chi connectivity index (χ1n) is 5.97. The SMILES string of the molecule is CC(C(=O)O)C1CN(c2ccc(C(N)=O)c(Br)c2)C1. The predicted octanol–water partition coefficient (Wildman–Crippen LogP) is 1.70. The van der Waals surface area contributed by atoms with Gasteiger partial charge in [0.1, 0.15) is 0 Å². The van der Waals surface area contributed by atoms with Gasteiger partial charge >= 0.3 is 5.97 Å². The maximum Gasteiger partial charge on any atom is 0.306 e. The van der Waals surface area contributed by atoms with E-state index in [1.54, 1.807) is 13.0 Å². The van der Waals surface area contributed by atoms with Gasteiger partial charge in [-0.15, -0.1) is 0 Å². The Balaban J connectivity index is 2.04. The maximum atomic E-state index is 11.1. The van der Waals surface area contributed by atoms with Crippen LogP contribution in [0.25, 0.3) is 0 Å². The number of carboxylic acid groups (broad SMARTS) is 1. The van der Waals surface area contributed by atoms with Gasteiger partial charge in [-0.1, -0.05) is 6.92 Å². The Morgan fingerprint density at radius 3 is 2.58 bits per heavy atom. The van der Waals surface area contributed by atoms with Crippen molar-refractivity contribution in [1.29, 1.82) is 0 Å². The average Bonchev–Trinajstić information content (AvgIpc) is 2.26. The molecule has 1 aliphatic heterocycles. The van der Waals surface area contributed by atoms with Crippen molar-refractivity contribution in [3.63, 3.8) is 0 Å². The second-order valence-electron chi connectivity index (χ2n) is 4.82. The zero-order valence-electron chi connectivity index (χ0n) is 10.5. The summed E-state index contributed by atoms with van der Waals surface area (Å²) in [6.07, 6.45) is 0. The van der Waals surface area contributed by atoms with E-state index in [1.165, 1.54) is 0 Å². The molecule has 1 aliphatic rings. The average molecular weight is 327 g/mol. The highest BCUT2D eigenvalue weighted by atomic mass is 79.9. The molecule has 5 nitrogen and oxygen atoms in total. The number of benzene rings is 1. The van der Waals surface area contributed by atoms with E-state index in [0.29, 0.717) is 10.0 Å². The summed E-state index contributed by atoms with van der Waals surface area (Å²) in [6.45, 7) is 3.17. The molecule has 1 heterocycles. The van der Waals surface area contributed by atoms with E-state index in [2.05, 4.69) is 20.8 Å². The second-order valence-corrected chi connectivity index (χ2v) is 5.67. The van der Waals surface area contributed by atoms with Crippen molar-refractivity contribution in [3.8, 4) is 0 Å². The lowest BCUT2D eigenvalue weighted by Gasteiger charge is -2.43. The van der Waals surface area contributed by atoms with Gasteiger partial charge < -0.3 is 15.7 Å². The molecule has 0 aliphatic carbocycles. The van der Waals surface area contributed by atoms with Crippen LogP contribution < -0.4 is 10.6 Å². The summed E-state index contributed by atoms with van der Waals surface area (Å²) in [5.41, 5.74) is 6.64. The Kier molecular flexibility index (Phi) is 3.80. The van der Waals surface area contributed by atoms with Crippen molar-refractivity contribution in [3.05, 3.63) is 28.2 Å². The molecule has 1 aromatic carbocycles. The van der Waals surface area contributed by atoms with Crippen LogP contribution in [-0.2, 0) is 4.79 Å². The molecular weight excluding hydrogens is 312 g/mol. The molecule has 1 aromatic rings. The summed E-state index contributed by atoms with van der Waals surface area (Å²) >= 11 is 3.31. The van der Waals surface area contributed by atoms with Crippen LogP contribution in [0.1, 0.15) is 17.3 Å². The van der Waals surface area contributed by atoms with E-state index in [-0.39, 0.29) is 11.8 Å². The number of carboxylic acids is 1. The van der Waals surface area contributed by atoms with Gasteiger partial charge in [-0.3, -0.25) is 9.59 Å². The number of rotatable bonds is 4. The number of carbonyl (C=O) groups excluding carboxylic acids is 1. The summed E-state index contributed by atoms with van der Waals surface area (Å²) in [5, 5.41) is 8.94. The third-order valence-electron chi connectivity index (χ3n) is 3.59. The van der Waals surface area contributed by atoms with Crippen LogP contribution in [0.15, 0.2) is 22.7 Å². The monoisotopic (exact) mass is 326 g/mol. The predicted molar refractivity (Wildman–Crippen MR) is 75.2 cm³/mol. The van der Waals surface area contributed by atoms with Gasteiger partial charge in [0.05, 0.1) is 11.5 Å². The van der Waals surface area contributed by atoms with Crippen molar-refractivity contribution >= 4 is 33.5 Å². The minimum atomic E-state index is -0.755. The fourth-order valence-electron chi connectivity index (χ4n) is 2.14. The van der Waals surface area contributed by atoms with E-state index in [1.807, 2.05) is 12.1 Å². The third kappa shape index (κ3) is 2.73. The molecule has 3 N–H and O–H groups in total. The smallest absolute Gasteiger partial charge is 0.306 e. The van der Waals surface area contributed by atoms with Gasteiger partial charge in [0.25, 0.3) is 0 Å². The number of aliphatic carboxylic acids is 1. The highest BCUT2D eigenvalue weighted by Gasteiger charge is 2.34. The normalized spacial score (nSPS) is 16.8. The summed E-state index contributed by atoms with van der Waals surface area (Å²) in [6, 6.07) is 5.34. The van der Waals surface area contributed by atoms with E-state index < -0.39 is 11.9 Å². The number of nitrogens with zero attached hydrogens (tertiary/aromatic N) is 1. The van der Waals surface area contributed by atoms with E-state index >= 15 is 0 Å². The molecule has 1 saturated heterocycles. The van der Waals surface area contributed by atoms with Crippen LogP contribution in [0.5, 0.6) is 0 Å². The van der Waals surface area contributed by atoms with Crippen LogP contribution in [0, 0.1) is 11.8 Å². The fourth-order valence-corrected chi connectivity index (χ4v) is 2.70. The maximum absolute atomic E-state index is 11.1. The molecule has 2 rings (SSSR count). The first-order valence-corrected chi connectivity index (χ1v) is 6.76. The number of anilines is 1. The number of amides is 1. The molecule has 0 saturated carbocycles. The molecular formula is C13H15BrN2O3. The Morgan fingerprint density at radius 2 is 2.11 bits per heavy atom. The van der Waals surface area contributed by atoms with Crippen LogP contribution >= 0.6 is 15.9 Å². The Hall–Kier alpha value is -1.56. The number of primary amides is 1. The molecule has 6 heteroatoms. The number of hydrogen-bond donors (Lipinski definition) is 2. The third-order valence-corrected chi connectivity index (χ3v) is 4.25. The zero-order valence-corrected chi connectivity index (χ0v) is 12.1. The van der Waals surface area contributed by atoms with Crippen molar-refractivity contribution < 1.29 is 14.7 Å². The number of nitrogens with two attached hydrogens (primary N) is 1.